The fraction of sp³-hybridized carbons (Fsp3) is 0.464. The van der Waals surface area contributed by atoms with Crippen LogP contribution >= 0.6 is 23.4 Å². The summed E-state index contributed by atoms with van der Waals surface area (Å²) < 4.78 is 5.40. The zero-order valence-corrected chi connectivity index (χ0v) is 22.4. The maximum atomic E-state index is 11.8. The molecule has 0 saturated carbocycles. The first-order valence-electron chi connectivity index (χ1n) is 12.6. The normalized spacial score (nSPS) is 15.7. The topological polar surface area (TPSA) is 75.6 Å². The first-order valence-corrected chi connectivity index (χ1v) is 13.9. The molecule has 1 saturated heterocycles. The zero-order valence-electron chi connectivity index (χ0n) is 20.8. The Morgan fingerprint density at radius 3 is 2.75 bits per heavy atom. The van der Waals surface area contributed by atoms with Gasteiger partial charge in [0.05, 0.1) is 29.1 Å². The monoisotopic (exact) mass is 527 g/mol. The number of fused-ring (bicyclic) bond motifs is 1. The molecular weight excluding hydrogens is 494 g/mol. The molecular formula is C28H34ClN3O3S. The summed E-state index contributed by atoms with van der Waals surface area (Å²) in [4.78, 5) is 23.1. The number of pyridine rings is 2. The van der Waals surface area contributed by atoms with Gasteiger partial charge in [-0.2, -0.15) is 0 Å². The number of methoxy groups -OCH3 is 1. The van der Waals surface area contributed by atoms with E-state index in [9.17, 15) is 9.90 Å². The Hall–Kier alpha value is -2.35. The summed E-state index contributed by atoms with van der Waals surface area (Å²) in [5, 5.41) is 12.4. The van der Waals surface area contributed by atoms with Crippen LogP contribution in [0, 0.1) is 5.41 Å². The summed E-state index contributed by atoms with van der Waals surface area (Å²) in [5.74, 6) is 1.12. The van der Waals surface area contributed by atoms with Gasteiger partial charge in [-0.05, 0) is 99.5 Å². The molecule has 192 valence electrons. The number of thioether (sulfide) groups is 1. The molecule has 8 heteroatoms. The van der Waals surface area contributed by atoms with Crippen molar-refractivity contribution in [1.82, 2.24) is 14.9 Å². The van der Waals surface area contributed by atoms with E-state index < -0.39 is 5.97 Å². The van der Waals surface area contributed by atoms with Gasteiger partial charge >= 0.3 is 5.97 Å². The highest BCUT2D eigenvalue weighted by Crippen LogP contribution is 2.41. The summed E-state index contributed by atoms with van der Waals surface area (Å²) >= 11 is 8.34. The molecule has 6 nitrogen and oxygen atoms in total. The minimum atomic E-state index is -0.702. The Balaban J connectivity index is 1.31. The average Bonchev–Trinajstić information content (AvgIpc) is 2.89. The summed E-state index contributed by atoms with van der Waals surface area (Å²) in [5.41, 5.74) is 1.80. The Bertz CT molecular complexity index is 1150. The molecule has 1 aliphatic rings. The van der Waals surface area contributed by atoms with E-state index in [4.69, 9.17) is 16.3 Å². The van der Waals surface area contributed by atoms with Crippen molar-refractivity contribution >= 4 is 40.2 Å². The molecule has 0 bridgehead atoms. The zero-order chi connectivity index (χ0) is 25.4. The Morgan fingerprint density at radius 2 is 2.03 bits per heavy atom. The van der Waals surface area contributed by atoms with Crippen LogP contribution in [-0.4, -0.2) is 58.4 Å². The predicted molar refractivity (Wildman–Crippen MR) is 146 cm³/mol. The van der Waals surface area contributed by atoms with Gasteiger partial charge in [0.25, 0.3) is 0 Å². The van der Waals surface area contributed by atoms with Crippen LogP contribution < -0.4 is 4.74 Å². The van der Waals surface area contributed by atoms with E-state index in [0.717, 1.165) is 91.2 Å². The fourth-order valence-corrected chi connectivity index (χ4v) is 6.25. The molecule has 0 atom stereocenters. The molecule has 1 aliphatic heterocycles. The standard InChI is InChI=1S/C28H34ClN3O3S/c1-35-21-8-9-25-23(18-21)22(24(29)20-31-25)6-4-10-28(19-27(33)34)11-15-32(16-12-28)14-5-17-36-26-7-2-3-13-30-26/h2-3,7-9,13,18,20H,4-6,10-12,14-17,19H2,1H3,(H,33,34). The van der Waals surface area contributed by atoms with Gasteiger partial charge in [-0.15, -0.1) is 11.8 Å². The van der Waals surface area contributed by atoms with Crippen LogP contribution in [-0.2, 0) is 11.2 Å². The molecule has 0 amide bonds. The lowest BCUT2D eigenvalue weighted by Gasteiger charge is -2.41. The summed E-state index contributed by atoms with van der Waals surface area (Å²) in [6.07, 6.45) is 9.29. The van der Waals surface area contributed by atoms with Gasteiger partial charge in [0, 0.05) is 23.5 Å². The maximum Gasteiger partial charge on any atom is 0.303 e. The Kier molecular flexibility index (Phi) is 9.46. The van der Waals surface area contributed by atoms with Crippen molar-refractivity contribution in [2.45, 2.75) is 50.0 Å². The number of ether oxygens (including phenoxy) is 1. The lowest BCUT2D eigenvalue weighted by atomic mass is 9.72. The highest BCUT2D eigenvalue weighted by molar-refractivity contribution is 7.99. The van der Waals surface area contributed by atoms with Crippen LogP contribution in [0.2, 0.25) is 5.02 Å². The molecule has 2 aromatic heterocycles. The Labute approximate surface area is 222 Å². The minimum absolute atomic E-state index is 0.155. The first-order chi connectivity index (χ1) is 17.5. The number of aromatic nitrogens is 2. The van der Waals surface area contributed by atoms with Gasteiger partial charge in [-0.1, -0.05) is 17.7 Å². The van der Waals surface area contributed by atoms with Crippen molar-refractivity contribution in [2.75, 3.05) is 32.5 Å². The van der Waals surface area contributed by atoms with E-state index in [2.05, 4.69) is 14.9 Å². The number of likely N-dealkylation sites (tertiary alicyclic amines) is 1. The van der Waals surface area contributed by atoms with Gasteiger partial charge in [0.1, 0.15) is 5.75 Å². The minimum Gasteiger partial charge on any atom is -0.497 e. The Morgan fingerprint density at radius 1 is 1.19 bits per heavy atom. The van der Waals surface area contributed by atoms with Crippen LogP contribution in [0.25, 0.3) is 10.9 Å². The third-order valence-electron chi connectivity index (χ3n) is 7.22. The molecule has 3 aromatic rings. The van der Waals surface area contributed by atoms with E-state index in [0.29, 0.717) is 5.02 Å². The summed E-state index contributed by atoms with van der Waals surface area (Å²) in [6.45, 7) is 2.96. The number of aliphatic carboxylic acids is 1. The van der Waals surface area contributed by atoms with Crippen LogP contribution in [0.5, 0.6) is 5.75 Å². The third kappa shape index (κ3) is 7.11. The van der Waals surface area contributed by atoms with Crippen molar-refractivity contribution in [1.29, 1.82) is 0 Å². The van der Waals surface area contributed by atoms with E-state index in [1.807, 2.05) is 42.6 Å². The fourth-order valence-electron chi connectivity index (χ4n) is 5.21. The van der Waals surface area contributed by atoms with Crippen molar-refractivity contribution < 1.29 is 14.6 Å². The molecule has 4 rings (SSSR count). The van der Waals surface area contributed by atoms with Crippen LogP contribution in [0.15, 0.2) is 53.8 Å². The van der Waals surface area contributed by atoms with Crippen LogP contribution in [0.4, 0.5) is 0 Å². The van der Waals surface area contributed by atoms with Gasteiger partial charge in [-0.3, -0.25) is 9.78 Å². The molecule has 0 aliphatic carbocycles. The number of halogens is 1. The number of piperidine rings is 1. The second kappa shape index (κ2) is 12.7. The molecule has 0 radical (unpaired) electrons. The number of nitrogens with zero attached hydrogens (tertiary/aromatic N) is 3. The maximum absolute atomic E-state index is 11.8. The van der Waals surface area contributed by atoms with Gasteiger partial charge in [0.2, 0.25) is 0 Å². The molecule has 1 aromatic carbocycles. The molecule has 0 spiro atoms. The van der Waals surface area contributed by atoms with E-state index >= 15 is 0 Å². The first kappa shape index (κ1) is 26.7. The molecule has 1 fully saturated rings. The molecule has 0 unspecified atom stereocenters. The smallest absolute Gasteiger partial charge is 0.303 e. The number of rotatable bonds is 12. The number of carboxylic acids is 1. The summed E-state index contributed by atoms with van der Waals surface area (Å²) in [6, 6.07) is 11.8. The van der Waals surface area contributed by atoms with E-state index in [1.165, 1.54) is 0 Å². The predicted octanol–water partition coefficient (Wildman–Crippen LogP) is 6.35. The lowest BCUT2D eigenvalue weighted by Crippen LogP contribution is -2.41. The average molecular weight is 528 g/mol. The van der Waals surface area contributed by atoms with Crippen molar-refractivity contribution in [2.24, 2.45) is 5.41 Å². The molecule has 3 heterocycles. The van der Waals surface area contributed by atoms with E-state index in [-0.39, 0.29) is 11.8 Å². The number of carbonyl (C=O) groups is 1. The quantitative estimate of drug-likeness (QED) is 0.217. The van der Waals surface area contributed by atoms with Crippen LogP contribution in [0.3, 0.4) is 0 Å². The van der Waals surface area contributed by atoms with E-state index in [1.54, 1.807) is 25.1 Å². The van der Waals surface area contributed by atoms with Crippen molar-refractivity contribution in [3.63, 3.8) is 0 Å². The summed E-state index contributed by atoms with van der Waals surface area (Å²) in [7, 11) is 1.65. The highest BCUT2D eigenvalue weighted by atomic mass is 35.5. The number of aryl methyl sites for hydroxylation is 1. The lowest BCUT2D eigenvalue weighted by molar-refractivity contribution is -0.140. The third-order valence-corrected chi connectivity index (χ3v) is 8.57. The number of hydrogen-bond donors (Lipinski definition) is 1. The van der Waals surface area contributed by atoms with Crippen LogP contribution in [0.1, 0.15) is 44.1 Å². The number of carboxylic acid groups (broad SMARTS) is 1. The van der Waals surface area contributed by atoms with Crippen molar-refractivity contribution in [3.8, 4) is 5.75 Å². The number of hydrogen-bond acceptors (Lipinski definition) is 6. The van der Waals surface area contributed by atoms with Gasteiger partial charge < -0.3 is 14.7 Å². The number of benzene rings is 1. The second-order valence-corrected chi connectivity index (χ2v) is 11.1. The van der Waals surface area contributed by atoms with Gasteiger partial charge in [0.15, 0.2) is 0 Å². The van der Waals surface area contributed by atoms with Crippen molar-refractivity contribution in [3.05, 3.63) is 59.4 Å². The molecule has 36 heavy (non-hydrogen) atoms. The second-order valence-electron chi connectivity index (χ2n) is 9.60. The molecule has 1 N–H and O–H groups in total. The van der Waals surface area contributed by atoms with Gasteiger partial charge in [-0.25, -0.2) is 4.98 Å². The highest BCUT2D eigenvalue weighted by Gasteiger charge is 2.36. The SMILES string of the molecule is COc1ccc2ncc(Cl)c(CCCC3(CC(=O)O)CCN(CCCSc4ccccn4)CC3)c2c1. The largest absolute Gasteiger partial charge is 0.497 e.